The van der Waals surface area contributed by atoms with Gasteiger partial charge in [-0.05, 0) is 37.0 Å². The predicted octanol–water partition coefficient (Wildman–Crippen LogP) is 3.40. The van der Waals surface area contributed by atoms with Crippen LogP contribution >= 0.6 is 11.6 Å². The van der Waals surface area contributed by atoms with Gasteiger partial charge in [0.1, 0.15) is 0 Å². The summed E-state index contributed by atoms with van der Waals surface area (Å²) in [4.78, 5) is 10.9. The first-order valence-electron chi connectivity index (χ1n) is 6.17. The molecule has 2 aliphatic carbocycles. The fourth-order valence-electron chi connectivity index (χ4n) is 2.54. The van der Waals surface area contributed by atoms with Crippen LogP contribution in [0.3, 0.4) is 0 Å². The number of hydrogen-bond donors (Lipinski definition) is 2. The smallest absolute Gasteiger partial charge is 0.335 e. The quantitative estimate of drug-likeness (QED) is 0.657. The molecule has 0 aromatic heterocycles. The van der Waals surface area contributed by atoms with Gasteiger partial charge in [-0.3, -0.25) is 5.43 Å². The van der Waals surface area contributed by atoms with Crippen LogP contribution in [0, 0.1) is 11.8 Å². The molecule has 0 spiro atoms. The molecular formula is C14H13ClN2O2. The molecule has 4 nitrogen and oxygen atoms in total. The second-order valence-corrected chi connectivity index (χ2v) is 5.26. The fraction of sp³-hybridized carbons (Fsp3) is 0.286. The largest absolute Gasteiger partial charge is 0.478 e. The Kier molecular flexibility index (Phi) is 3.03. The lowest BCUT2D eigenvalue weighted by atomic mass is 9.74. The summed E-state index contributed by atoms with van der Waals surface area (Å²) in [6.07, 6.45) is 6.45. The number of rotatable bonds is 3. The Morgan fingerprint density at radius 3 is 3.05 bits per heavy atom. The third kappa shape index (κ3) is 2.24. The molecule has 98 valence electrons. The van der Waals surface area contributed by atoms with E-state index in [1.54, 1.807) is 6.07 Å². The maximum absolute atomic E-state index is 10.9. The lowest BCUT2D eigenvalue weighted by Gasteiger charge is -2.32. The first-order valence-corrected chi connectivity index (χ1v) is 6.55. The van der Waals surface area contributed by atoms with Gasteiger partial charge in [0.05, 0.1) is 16.3 Å². The number of aromatic carboxylic acids is 1. The summed E-state index contributed by atoms with van der Waals surface area (Å²) in [7, 11) is 0. The number of carbonyl (C=O) groups is 1. The van der Waals surface area contributed by atoms with E-state index in [0.717, 1.165) is 18.6 Å². The third-order valence-corrected chi connectivity index (χ3v) is 4.03. The number of nitrogens with one attached hydrogen (secondary N) is 1. The molecule has 0 radical (unpaired) electrons. The van der Waals surface area contributed by atoms with Crippen LogP contribution in [-0.4, -0.2) is 16.8 Å². The van der Waals surface area contributed by atoms with Crippen LogP contribution in [0.15, 0.2) is 35.5 Å². The summed E-state index contributed by atoms with van der Waals surface area (Å²) in [6, 6.07) is 4.54. The second-order valence-electron chi connectivity index (χ2n) is 4.85. The van der Waals surface area contributed by atoms with Crippen molar-refractivity contribution in [2.75, 3.05) is 5.43 Å². The van der Waals surface area contributed by atoms with E-state index in [1.807, 2.05) is 0 Å². The Balaban J connectivity index is 1.75. The number of benzene rings is 1. The molecule has 0 aliphatic heterocycles. The summed E-state index contributed by atoms with van der Waals surface area (Å²) >= 11 is 6.02. The summed E-state index contributed by atoms with van der Waals surface area (Å²) < 4.78 is 0. The zero-order valence-corrected chi connectivity index (χ0v) is 10.9. The van der Waals surface area contributed by atoms with E-state index >= 15 is 0 Å². The van der Waals surface area contributed by atoms with Crippen molar-refractivity contribution >= 4 is 29.0 Å². The van der Waals surface area contributed by atoms with Crippen molar-refractivity contribution < 1.29 is 9.90 Å². The molecule has 2 aliphatic rings. The molecule has 1 aromatic carbocycles. The summed E-state index contributed by atoms with van der Waals surface area (Å²) in [5, 5.41) is 13.8. The fourth-order valence-corrected chi connectivity index (χ4v) is 2.70. The topological polar surface area (TPSA) is 61.7 Å². The first-order chi connectivity index (χ1) is 9.15. The first kappa shape index (κ1) is 12.2. The minimum atomic E-state index is -0.976. The van der Waals surface area contributed by atoms with Gasteiger partial charge in [0.25, 0.3) is 0 Å². The van der Waals surface area contributed by atoms with Gasteiger partial charge >= 0.3 is 5.97 Å². The average Bonchev–Trinajstić information content (AvgIpc) is 2.73. The van der Waals surface area contributed by atoms with Crippen LogP contribution in [0.5, 0.6) is 0 Å². The minimum Gasteiger partial charge on any atom is -0.478 e. The summed E-state index contributed by atoms with van der Waals surface area (Å²) in [5.74, 6) is 0.186. The summed E-state index contributed by atoms with van der Waals surface area (Å²) in [6.45, 7) is 0. The molecule has 0 heterocycles. The highest BCUT2D eigenvalue weighted by Gasteiger charge is 2.37. The van der Waals surface area contributed by atoms with Crippen LogP contribution in [0.1, 0.15) is 23.2 Å². The molecule has 19 heavy (non-hydrogen) atoms. The normalized spacial score (nSPS) is 26.1. The minimum absolute atomic E-state index is 0.195. The lowest BCUT2D eigenvalue weighted by Crippen LogP contribution is -2.33. The number of halogens is 1. The van der Waals surface area contributed by atoms with E-state index in [9.17, 15) is 4.79 Å². The van der Waals surface area contributed by atoms with E-state index in [2.05, 4.69) is 22.7 Å². The van der Waals surface area contributed by atoms with E-state index in [4.69, 9.17) is 16.7 Å². The number of fused-ring (bicyclic) bond motifs is 1. The molecule has 3 rings (SSSR count). The molecule has 0 bridgehead atoms. The average molecular weight is 277 g/mol. The van der Waals surface area contributed by atoms with Gasteiger partial charge in [0, 0.05) is 11.6 Å². The molecular weight excluding hydrogens is 264 g/mol. The van der Waals surface area contributed by atoms with Crippen LogP contribution in [0.2, 0.25) is 5.02 Å². The maximum Gasteiger partial charge on any atom is 0.335 e. The number of allylic oxidation sites excluding steroid dienone is 2. The number of nitrogens with zero attached hydrogens (tertiary/aromatic N) is 1. The van der Waals surface area contributed by atoms with Crippen molar-refractivity contribution in [3.63, 3.8) is 0 Å². The van der Waals surface area contributed by atoms with Crippen LogP contribution < -0.4 is 5.43 Å². The van der Waals surface area contributed by atoms with Crippen molar-refractivity contribution in [1.29, 1.82) is 0 Å². The van der Waals surface area contributed by atoms with Gasteiger partial charge in [-0.1, -0.05) is 23.8 Å². The Morgan fingerprint density at radius 2 is 2.32 bits per heavy atom. The predicted molar refractivity (Wildman–Crippen MR) is 74.8 cm³/mol. The Hall–Kier alpha value is -1.81. The molecule has 2 N–H and O–H groups in total. The van der Waals surface area contributed by atoms with Crippen molar-refractivity contribution in [2.24, 2.45) is 16.9 Å². The molecule has 2 atom stereocenters. The zero-order chi connectivity index (χ0) is 13.4. The molecule has 1 fully saturated rings. The van der Waals surface area contributed by atoms with Crippen LogP contribution in [-0.2, 0) is 0 Å². The molecule has 1 saturated carbocycles. The third-order valence-electron chi connectivity index (χ3n) is 3.70. The molecule has 5 heteroatoms. The Morgan fingerprint density at radius 1 is 1.47 bits per heavy atom. The lowest BCUT2D eigenvalue weighted by molar-refractivity contribution is 0.0697. The highest BCUT2D eigenvalue weighted by Crippen LogP contribution is 2.40. The number of hydrogen-bond acceptors (Lipinski definition) is 3. The van der Waals surface area contributed by atoms with Gasteiger partial charge in [-0.2, -0.15) is 5.10 Å². The number of anilines is 1. The van der Waals surface area contributed by atoms with Crippen molar-refractivity contribution in [3.8, 4) is 0 Å². The highest BCUT2D eigenvalue weighted by molar-refractivity contribution is 6.33. The number of hydrazone groups is 1. The SMILES string of the molecule is O=C(O)c1ccc(Cl)c(N/N=C2/C[C@H]3C=CC[C@H]23)c1. The summed E-state index contributed by atoms with van der Waals surface area (Å²) in [5.41, 5.74) is 4.75. The molecule has 0 unspecified atom stereocenters. The Bertz CT molecular complexity index is 595. The second kappa shape index (κ2) is 4.70. The number of carboxylic acid groups (broad SMARTS) is 1. The van der Waals surface area contributed by atoms with E-state index in [1.165, 1.54) is 12.1 Å². The Labute approximate surface area is 115 Å². The van der Waals surface area contributed by atoms with Crippen LogP contribution in [0.4, 0.5) is 5.69 Å². The van der Waals surface area contributed by atoms with Crippen LogP contribution in [0.25, 0.3) is 0 Å². The van der Waals surface area contributed by atoms with Gasteiger partial charge in [0.15, 0.2) is 0 Å². The van der Waals surface area contributed by atoms with E-state index < -0.39 is 5.97 Å². The van der Waals surface area contributed by atoms with Gasteiger partial charge in [0.2, 0.25) is 0 Å². The maximum atomic E-state index is 10.9. The van der Waals surface area contributed by atoms with Crippen molar-refractivity contribution in [3.05, 3.63) is 40.9 Å². The van der Waals surface area contributed by atoms with Gasteiger partial charge < -0.3 is 5.11 Å². The van der Waals surface area contributed by atoms with Gasteiger partial charge in [-0.25, -0.2) is 4.79 Å². The number of carboxylic acids is 1. The monoisotopic (exact) mass is 276 g/mol. The molecule has 0 saturated heterocycles. The van der Waals surface area contributed by atoms with E-state index in [0.29, 0.717) is 22.5 Å². The zero-order valence-electron chi connectivity index (χ0n) is 10.1. The molecule has 1 aromatic rings. The van der Waals surface area contributed by atoms with Crippen molar-refractivity contribution in [2.45, 2.75) is 12.8 Å². The highest BCUT2D eigenvalue weighted by atomic mass is 35.5. The van der Waals surface area contributed by atoms with Gasteiger partial charge in [-0.15, -0.1) is 0 Å². The van der Waals surface area contributed by atoms with Crippen molar-refractivity contribution in [1.82, 2.24) is 0 Å². The standard InChI is InChI=1S/C14H13ClN2O2/c15-11-5-4-9(14(18)19)7-13(11)17-16-12-6-8-2-1-3-10(8)12/h1-2,4-5,7-8,10,17H,3,6H2,(H,18,19)/b16-12-/t8-,10+/m1/s1. The van der Waals surface area contributed by atoms with E-state index in [-0.39, 0.29) is 5.56 Å². The molecule has 0 amide bonds.